The molecule has 1 aromatic carbocycles. The molecule has 4 heteroatoms. The molecule has 106 valence electrons. The molecule has 2 rings (SSSR count). The third kappa shape index (κ3) is 2.59. The summed E-state index contributed by atoms with van der Waals surface area (Å²) in [5.74, 6) is -1.57. The van der Waals surface area contributed by atoms with E-state index in [1.54, 1.807) is 0 Å². The van der Waals surface area contributed by atoms with Crippen molar-refractivity contribution in [2.45, 2.75) is 37.5 Å². The van der Waals surface area contributed by atoms with E-state index in [9.17, 15) is 8.78 Å². The zero-order chi connectivity index (χ0) is 14.0. The Balaban J connectivity index is 2.55. The molecule has 2 N–H and O–H groups in total. The molecule has 1 aromatic rings. The van der Waals surface area contributed by atoms with Crippen LogP contribution >= 0.6 is 0 Å². The summed E-state index contributed by atoms with van der Waals surface area (Å²) < 4.78 is 27.1. The highest BCUT2D eigenvalue weighted by molar-refractivity contribution is 5.57. The molecule has 0 radical (unpaired) electrons. The van der Waals surface area contributed by atoms with Gasteiger partial charge in [-0.2, -0.15) is 0 Å². The summed E-state index contributed by atoms with van der Waals surface area (Å²) in [6, 6.07) is 2.64. The van der Waals surface area contributed by atoms with Gasteiger partial charge < -0.3 is 10.6 Å². The van der Waals surface area contributed by atoms with Gasteiger partial charge in [0.2, 0.25) is 0 Å². The Morgan fingerprint density at radius 3 is 2.21 bits per heavy atom. The maximum absolute atomic E-state index is 13.6. The van der Waals surface area contributed by atoms with E-state index in [1.165, 1.54) is 18.6 Å². The lowest BCUT2D eigenvalue weighted by Gasteiger charge is -2.39. The van der Waals surface area contributed by atoms with Crippen molar-refractivity contribution in [2.75, 3.05) is 25.5 Å². The number of hydrogen-bond acceptors (Lipinski definition) is 2. The summed E-state index contributed by atoms with van der Waals surface area (Å²) in [6.07, 6.45) is 5.31. The third-order valence-corrected chi connectivity index (χ3v) is 4.29. The molecular weight excluding hydrogens is 246 g/mol. The van der Waals surface area contributed by atoms with Gasteiger partial charge in [-0.3, -0.25) is 0 Å². The Bertz CT molecular complexity index is 452. The van der Waals surface area contributed by atoms with Crippen molar-refractivity contribution in [3.05, 3.63) is 29.3 Å². The average molecular weight is 268 g/mol. The number of rotatable bonds is 3. The zero-order valence-corrected chi connectivity index (χ0v) is 11.7. The van der Waals surface area contributed by atoms with Gasteiger partial charge in [-0.15, -0.1) is 0 Å². The van der Waals surface area contributed by atoms with Crippen LogP contribution in [0.1, 0.15) is 37.7 Å². The van der Waals surface area contributed by atoms with Crippen LogP contribution in [0.4, 0.5) is 14.5 Å². The van der Waals surface area contributed by atoms with Crippen LogP contribution in [-0.2, 0) is 5.41 Å². The first-order valence-electron chi connectivity index (χ1n) is 6.87. The minimum atomic E-state index is -0.796. The standard InChI is InChI=1S/C15H22F2N2/c1-19(2)14-9-13(17)12(16)8-11(14)15(10-18)6-4-3-5-7-15/h8-9H,3-7,10,18H2,1-2H3. The van der Waals surface area contributed by atoms with Crippen molar-refractivity contribution in [3.63, 3.8) is 0 Å². The second-order valence-corrected chi connectivity index (χ2v) is 5.72. The molecule has 0 bridgehead atoms. The van der Waals surface area contributed by atoms with Gasteiger partial charge in [-0.1, -0.05) is 19.3 Å². The Labute approximate surface area is 113 Å². The van der Waals surface area contributed by atoms with Crippen LogP contribution in [0.25, 0.3) is 0 Å². The van der Waals surface area contributed by atoms with Crippen molar-refractivity contribution in [1.82, 2.24) is 0 Å². The number of hydrogen-bond donors (Lipinski definition) is 1. The quantitative estimate of drug-likeness (QED) is 0.912. The first-order chi connectivity index (χ1) is 9.00. The lowest BCUT2D eigenvalue weighted by Crippen LogP contribution is -2.38. The summed E-state index contributed by atoms with van der Waals surface area (Å²) in [5, 5.41) is 0. The largest absolute Gasteiger partial charge is 0.377 e. The maximum atomic E-state index is 13.6. The van der Waals surface area contributed by atoms with Crippen LogP contribution in [0.3, 0.4) is 0 Å². The fraction of sp³-hybridized carbons (Fsp3) is 0.600. The van der Waals surface area contributed by atoms with Crippen LogP contribution in [-0.4, -0.2) is 20.6 Å². The van der Waals surface area contributed by atoms with Crippen molar-refractivity contribution in [3.8, 4) is 0 Å². The van der Waals surface area contributed by atoms with E-state index in [0.29, 0.717) is 6.54 Å². The van der Waals surface area contributed by atoms with E-state index in [-0.39, 0.29) is 5.41 Å². The molecule has 0 heterocycles. The summed E-state index contributed by atoms with van der Waals surface area (Å²) in [5.41, 5.74) is 7.39. The topological polar surface area (TPSA) is 29.3 Å². The van der Waals surface area contributed by atoms with Crippen LogP contribution < -0.4 is 10.6 Å². The van der Waals surface area contributed by atoms with E-state index in [0.717, 1.165) is 36.9 Å². The van der Waals surface area contributed by atoms with Gasteiger partial charge in [-0.25, -0.2) is 8.78 Å². The molecule has 1 fully saturated rings. The Kier molecular flexibility index (Phi) is 4.09. The van der Waals surface area contributed by atoms with Gasteiger partial charge >= 0.3 is 0 Å². The molecule has 1 aliphatic rings. The van der Waals surface area contributed by atoms with Crippen molar-refractivity contribution < 1.29 is 8.78 Å². The first-order valence-corrected chi connectivity index (χ1v) is 6.87. The fourth-order valence-corrected chi connectivity index (χ4v) is 3.14. The van der Waals surface area contributed by atoms with E-state index < -0.39 is 11.6 Å². The van der Waals surface area contributed by atoms with Crippen LogP contribution in [0.15, 0.2) is 12.1 Å². The minimum absolute atomic E-state index is 0.202. The number of halogens is 2. The third-order valence-electron chi connectivity index (χ3n) is 4.29. The monoisotopic (exact) mass is 268 g/mol. The summed E-state index contributed by atoms with van der Waals surface area (Å²) in [4.78, 5) is 1.84. The summed E-state index contributed by atoms with van der Waals surface area (Å²) in [7, 11) is 3.70. The predicted molar refractivity (Wildman–Crippen MR) is 74.5 cm³/mol. The molecule has 0 amide bonds. The van der Waals surface area contributed by atoms with E-state index in [4.69, 9.17) is 5.73 Å². The zero-order valence-electron chi connectivity index (χ0n) is 11.7. The normalized spacial score (nSPS) is 18.4. The fourth-order valence-electron chi connectivity index (χ4n) is 3.14. The van der Waals surface area contributed by atoms with Crippen molar-refractivity contribution in [2.24, 2.45) is 5.73 Å². The molecule has 0 aliphatic heterocycles. The Morgan fingerprint density at radius 1 is 1.11 bits per heavy atom. The average Bonchev–Trinajstić information content (AvgIpc) is 2.42. The van der Waals surface area contributed by atoms with E-state index in [1.807, 2.05) is 19.0 Å². The SMILES string of the molecule is CN(C)c1cc(F)c(F)cc1C1(CN)CCCCC1. The number of nitrogens with zero attached hydrogens (tertiary/aromatic N) is 1. The van der Waals surface area contributed by atoms with Gasteiger partial charge in [0.05, 0.1) is 0 Å². The van der Waals surface area contributed by atoms with Gasteiger partial charge in [0, 0.05) is 37.8 Å². The highest BCUT2D eigenvalue weighted by atomic mass is 19.2. The first kappa shape index (κ1) is 14.3. The molecular formula is C15H22F2N2. The summed E-state index contributed by atoms with van der Waals surface area (Å²) >= 11 is 0. The minimum Gasteiger partial charge on any atom is -0.377 e. The smallest absolute Gasteiger partial charge is 0.160 e. The van der Waals surface area contributed by atoms with Crippen LogP contribution in [0.2, 0.25) is 0 Å². The van der Waals surface area contributed by atoms with Gasteiger partial charge in [0.25, 0.3) is 0 Å². The molecule has 0 unspecified atom stereocenters. The number of benzene rings is 1. The van der Waals surface area contributed by atoms with Gasteiger partial charge in [0.1, 0.15) is 0 Å². The lowest BCUT2D eigenvalue weighted by molar-refractivity contribution is 0.299. The van der Waals surface area contributed by atoms with Gasteiger partial charge in [-0.05, 0) is 24.5 Å². The van der Waals surface area contributed by atoms with Crippen LogP contribution in [0, 0.1) is 11.6 Å². The molecule has 19 heavy (non-hydrogen) atoms. The Morgan fingerprint density at radius 2 is 1.68 bits per heavy atom. The van der Waals surface area contributed by atoms with E-state index in [2.05, 4.69) is 0 Å². The summed E-state index contributed by atoms with van der Waals surface area (Å²) in [6.45, 7) is 0.485. The second-order valence-electron chi connectivity index (χ2n) is 5.72. The highest BCUT2D eigenvalue weighted by Crippen LogP contribution is 2.43. The lowest BCUT2D eigenvalue weighted by atomic mass is 9.69. The number of anilines is 1. The van der Waals surface area contributed by atoms with Crippen molar-refractivity contribution in [1.29, 1.82) is 0 Å². The maximum Gasteiger partial charge on any atom is 0.160 e. The molecule has 0 atom stereocenters. The Hall–Kier alpha value is -1.16. The highest BCUT2D eigenvalue weighted by Gasteiger charge is 2.35. The van der Waals surface area contributed by atoms with Crippen LogP contribution in [0.5, 0.6) is 0 Å². The molecule has 0 spiro atoms. The molecule has 0 aromatic heterocycles. The second kappa shape index (κ2) is 5.45. The van der Waals surface area contributed by atoms with Crippen molar-refractivity contribution >= 4 is 5.69 Å². The molecule has 2 nitrogen and oxygen atoms in total. The molecule has 0 saturated heterocycles. The van der Waals surface area contributed by atoms with E-state index >= 15 is 0 Å². The number of nitrogens with two attached hydrogens (primary N) is 1. The molecule has 1 saturated carbocycles. The molecule has 1 aliphatic carbocycles. The van der Waals surface area contributed by atoms with Gasteiger partial charge in [0.15, 0.2) is 11.6 Å². The predicted octanol–water partition coefficient (Wildman–Crippen LogP) is 3.19.